The van der Waals surface area contributed by atoms with E-state index in [4.69, 9.17) is 6.42 Å². The second kappa shape index (κ2) is 8.15. The number of aryl methyl sites for hydroxylation is 1. The van der Waals surface area contributed by atoms with Crippen molar-refractivity contribution in [1.29, 1.82) is 0 Å². The summed E-state index contributed by atoms with van der Waals surface area (Å²) in [6.07, 6.45) is 6.40. The molecule has 0 radical (unpaired) electrons. The summed E-state index contributed by atoms with van der Waals surface area (Å²) in [5, 5.41) is 6.66. The number of terminal acetylenes is 1. The summed E-state index contributed by atoms with van der Waals surface area (Å²) in [4.78, 5) is 4.32. The van der Waals surface area contributed by atoms with Crippen molar-refractivity contribution in [2.45, 2.75) is 32.2 Å². The molecular weight excluding hydrogens is 361 g/mol. The average Bonchev–Trinajstić information content (AvgIpc) is 3.16. The van der Waals surface area contributed by atoms with E-state index in [-0.39, 0.29) is 24.0 Å². The monoisotopic (exact) mass is 383 g/mol. The van der Waals surface area contributed by atoms with Gasteiger partial charge in [0.15, 0.2) is 5.96 Å². The lowest BCUT2D eigenvalue weighted by molar-refractivity contribution is 0.801. The van der Waals surface area contributed by atoms with Crippen molar-refractivity contribution < 1.29 is 0 Å². The maximum absolute atomic E-state index is 5.24. The first-order valence-corrected chi connectivity index (χ1v) is 6.80. The molecule has 0 heterocycles. The zero-order valence-corrected chi connectivity index (χ0v) is 14.3. The fraction of sp³-hybridized carbons (Fsp3) is 0.438. The van der Waals surface area contributed by atoms with Crippen LogP contribution in [0.5, 0.6) is 0 Å². The quantitative estimate of drug-likeness (QED) is 0.363. The number of aliphatic imine (C=N–C) groups is 1. The second-order valence-corrected chi connectivity index (χ2v) is 4.85. The molecule has 1 saturated carbocycles. The van der Waals surface area contributed by atoms with Crippen molar-refractivity contribution >= 4 is 29.9 Å². The van der Waals surface area contributed by atoms with E-state index in [2.05, 4.69) is 59.7 Å². The van der Waals surface area contributed by atoms with Gasteiger partial charge in [0.2, 0.25) is 0 Å². The van der Waals surface area contributed by atoms with E-state index in [0.717, 1.165) is 18.9 Å². The fourth-order valence-corrected chi connectivity index (χ4v) is 2.32. The predicted octanol–water partition coefficient (Wildman–Crippen LogP) is 2.66. The SMILES string of the molecule is C#CCN=C(NCC)NC1CC1c1ccccc1C.I. The van der Waals surface area contributed by atoms with Crippen molar-refractivity contribution in [3.63, 3.8) is 0 Å². The predicted molar refractivity (Wildman–Crippen MR) is 95.7 cm³/mol. The third-order valence-corrected chi connectivity index (χ3v) is 3.37. The van der Waals surface area contributed by atoms with Crippen LogP contribution in [0.4, 0.5) is 0 Å². The van der Waals surface area contributed by atoms with Crippen LogP contribution in [0.25, 0.3) is 0 Å². The lowest BCUT2D eigenvalue weighted by Gasteiger charge is -2.11. The Morgan fingerprint density at radius 2 is 2.20 bits per heavy atom. The molecule has 1 aliphatic rings. The molecule has 20 heavy (non-hydrogen) atoms. The Morgan fingerprint density at radius 3 is 2.85 bits per heavy atom. The van der Waals surface area contributed by atoms with E-state index >= 15 is 0 Å². The molecule has 1 aromatic rings. The van der Waals surface area contributed by atoms with Gasteiger partial charge in [-0.1, -0.05) is 30.2 Å². The topological polar surface area (TPSA) is 36.4 Å². The van der Waals surface area contributed by atoms with Crippen LogP contribution in [0.3, 0.4) is 0 Å². The maximum Gasteiger partial charge on any atom is 0.192 e. The molecule has 2 atom stereocenters. The molecule has 0 amide bonds. The van der Waals surface area contributed by atoms with Crippen LogP contribution in [0.2, 0.25) is 0 Å². The van der Waals surface area contributed by atoms with Crippen molar-refractivity contribution in [2.75, 3.05) is 13.1 Å². The van der Waals surface area contributed by atoms with E-state index in [1.807, 2.05) is 0 Å². The van der Waals surface area contributed by atoms with Crippen LogP contribution in [0.15, 0.2) is 29.3 Å². The smallest absolute Gasteiger partial charge is 0.192 e. The second-order valence-electron chi connectivity index (χ2n) is 4.85. The molecule has 0 bridgehead atoms. The lowest BCUT2D eigenvalue weighted by atomic mass is 10.0. The summed E-state index contributed by atoms with van der Waals surface area (Å²) in [5.41, 5.74) is 2.80. The van der Waals surface area contributed by atoms with Gasteiger partial charge in [0.1, 0.15) is 6.54 Å². The van der Waals surface area contributed by atoms with Gasteiger partial charge in [-0.2, -0.15) is 0 Å². The molecule has 0 saturated heterocycles. The number of hydrogen-bond acceptors (Lipinski definition) is 1. The Morgan fingerprint density at radius 1 is 1.45 bits per heavy atom. The number of guanidine groups is 1. The van der Waals surface area contributed by atoms with Gasteiger partial charge in [-0.3, -0.25) is 0 Å². The van der Waals surface area contributed by atoms with Crippen LogP contribution in [-0.2, 0) is 0 Å². The molecule has 0 spiro atoms. The van der Waals surface area contributed by atoms with E-state index in [0.29, 0.717) is 18.5 Å². The molecule has 1 aliphatic carbocycles. The summed E-state index contributed by atoms with van der Waals surface area (Å²) in [5.74, 6) is 3.95. The fourth-order valence-electron chi connectivity index (χ4n) is 2.32. The van der Waals surface area contributed by atoms with Gasteiger partial charge in [0.25, 0.3) is 0 Å². The van der Waals surface area contributed by atoms with Crippen LogP contribution in [-0.4, -0.2) is 25.1 Å². The number of nitrogens with zero attached hydrogens (tertiary/aromatic N) is 1. The molecule has 3 nitrogen and oxygen atoms in total. The molecular formula is C16H22IN3. The van der Waals surface area contributed by atoms with Crippen molar-refractivity contribution in [3.8, 4) is 12.3 Å². The average molecular weight is 383 g/mol. The summed E-state index contributed by atoms with van der Waals surface area (Å²) in [7, 11) is 0. The Balaban J connectivity index is 0.00000200. The van der Waals surface area contributed by atoms with Crippen molar-refractivity contribution in [3.05, 3.63) is 35.4 Å². The molecule has 1 aromatic carbocycles. The molecule has 1 fully saturated rings. The molecule has 0 aliphatic heterocycles. The molecule has 108 valence electrons. The number of rotatable bonds is 4. The van der Waals surface area contributed by atoms with E-state index in [1.54, 1.807) is 0 Å². The minimum atomic E-state index is 0. The Labute approximate surface area is 138 Å². The van der Waals surface area contributed by atoms with Crippen LogP contribution in [0.1, 0.15) is 30.4 Å². The van der Waals surface area contributed by atoms with Gasteiger partial charge in [-0.05, 0) is 31.4 Å². The number of nitrogens with one attached hydrogen (secondary N) is 2. The number of halogens is 1. The van der Waals surface area contributed by atoms with Gasteiger partial charge in [-0.25, -0.2) is 4.99 Å². The highest BCUT2D eigenvalue weighted by Crippen LogP contribution is 2.41. The number of hydrogen-bond donors (Lipinski definition) is 2. The Bertz CT molecular complexity index is 505. The standard InChI is InChI=1S/C16H21N3.HI/c1-4-10-18-16(17-5-2)19-15-11-14(15)13-9-7-6-8-12(13)3;/h1,6-9,14-15H,5,10-11H2,2-3H3,(H2,17,18,19);1H. The minimum absolute atomic E-state index is 0. The molecule has 0 aromatic heterocycles. The maximum atomic E-state index is 5.24. The number of benzene rings is 1. The van der Waals surface area contributed by atoms with E-state index in [9.17, 15) is 0 Å². The van der Waals surface area contributed by atoms with Crippen molar-refractivity contribution in [1.82, 2.24) is 10.6 Å². The first-order chi connectivity index (χ1) is 9.26. The summed E-state index contributed by atoms with van der Waals surface area (Å²) in [6, 6.07) is 9.05. The van der Waals surface area contributed by atoms with Gasteiger partial charge in [0.05, 0.1) is 0 Å². The Hall–Kier alpha value is -1.22. The van der Waals surface area contributed by atoms with Crippen LogP contribution < -0.4 is 10.6 Å². The van der Waals surface area contributed by atoms with Gasteiger partial charge in [-0.15, -0.1) is 30.4 Å². The molecule has 4 heteroatoms. The van der Waals surface area contributed by atoms with Gasteiger partial charge < -0.3 is 10.6 Å². The zero-order chi connectivity index (χ0) is 13.7. The highest BCUT2D eigenvalue weighted by molar-refractivity contribution is 14.0. The van der Waals surface area contributed by atoms with Crippen LogP contribution >= 0.6 is 24.0 Å². The third kappa shape index (κ3) is 4.41. The molecule has 2 rings (SSSR count). The molecule has 2 unspecified atom stereocenters. The Kier molecular flexibility index (Phi) is 6.86. The van der Waals surface area contributed by atoms with Gasteiger partial charge in [0, 0.05) is 18.5 Å². The van der Waals surface area contributed by atoms with E-state index < -0.39 is 0 Å². The first kappa shape index (κ1) is 16.8. The normalized spacial score (nSPS) is 20.6. The van der Waals surface area contributed by atoms with Crippen molar-refractivity contribution in [2.24, 2.45) is 4.99 Å². The lowest BCUT2D eigenvalue weighted by Crippen LogP contribution is -2.39. The largest absolute Gasteiger partial charge is 0.357 e. The zero-order valence-electron chi connectivity index (χ0n) is 12.0. The summed E-state index contributed by atoms with van der Waals surface area (Å²) in [6.45, 7) is 5.48. The summed E-state index contributed by atoms with van der Waals surface area (Å²) < 4.78 is 0. The van der Waals surface area contributed by atoms with Crippen LogP contribution in [0, 0.1) is 19.3 Å². The molecule has 2 N–H and O–H groups in total. The third-order valence-electron chi connectivity index (χ3n) is 3.37. The van der Waals surface area contributed by atoms with Gasteiger partial charge >= 0.3 is 0 Å². The minimum Gasteiger partial charge on any atom is -0.357 e. The highest BCUT2D eigenvalue weighted by Gasteiger charge is 2.39. The first-order valence-electron chi connectivity index (χ1n) is 6.80. The summed E-state index contributed by atoms with van der Waals surface area (Å²) >= 11 is 0. The highest BCUT2D eigenvalue weighted by atomic mass is 127. The van der Waals surface area contributed by atoms with E-state index in [1.165, 1.54) is 11.1 Å².